The fourth-order valence-electron chi connectivity index (χ4n) is 2.34. The molecule has 0 unspecified atom stereocenters. The molecule has 0 aliphatic heterocycles. The molecular formula is C18H22O3. The average molecular weight is 286 g/mol. The van der Waals surface area contributed by atoms with Gasteiger partial charge in [0.1, 0.15) is 12.2 Å². The van der Waals surface area contributed by atoms with Crippen LogP contribution in [0.2, 0.25) is 0 Å². The standard InChI is InChI=1S/C18H22O3/c1-19-13-14-21-18(16-11-7-4-8-12-16)17(20-2)15-9-5-3-6-10-15/h3-12,17-18H,13-14H2,1-2H3/t17-,18-/m1/s1. The summed E-state index contributed by atoms with van der Waals surface area (Å²) in [6.45, 7) is 1.09. The van der Waals surface area contributed by atoms with Crippen LogP contribution in [-0.2, 0) is 14.2 Å². The van der Waals surface area contributed by atoms with Crippen molar-refractivity contribution >= 4 is 0 Å². The van der Waals surface area contributed by atoms with Crippen molar-refractivity contribution in [1.29, 1.82) is 0 Å². The molecule has 21 heavy (non-hydrogen) atoms. The van der Waals surface area contributed by atoms with Crippen molar-refractivity contribution in [2.75, 3.05) is 27.4 Å². The third-order valence-corrected chi connectivity index (χ3v) is 3.37. The fraction of sp³-hybridized carbons (Fsp3) is 0.333. The first-order valence-corrected chi connectivity index (χ1v) is 7.10. The summed E-state index contributed by atoms with van der Waals surface area (Å²) in [7, 11) is 3.39. The minimum Gasteiger partial charge on any atom is -0.382 e. The van der Waals surface area contributed by atoms with Crippen LogP contribution in [0.25, 0.3) is 0 Å². The summed E-state index contributed by atoms with van der Waals surface area (Å²) in [4.78, 5) is 0. The molecule has 0 heterocycles. The van der Waals surface area contributed by atoms with Crippen molar-refractivity contribution in [3.05, 3.63) is 71.8 Å². The van der Waals surface area contributed by atoms with Gasteiger partial charge in [0.25, 0.3) is 0 Å². The molecule has 0 amide bonds. The number of ether oxygens (including phenoxy) is 3. The van der Waals surface area contributed by atoms with Crippen LogP contribution in [0, 0.1) is 0 Å². The van der Waals surface area contributed by atoms with E-state index in [9.17, 15) is 0 Å². The molecule has 0 spiro atoms. The van der Waals surface area contributed by atoms with Gasteiger partial charge in [-0.25, -0.2) is 0 Å². The highest BCUT2D eigenvalue weighted by atomic mass is 16.5. The molecule has 2 rings (SSSR count). The van der Waals surface area contributed by atoms with E-state index in [1.54, 1.807) is 14.2 Å². The van der Waals surface area contributed by atoms with Gasteiger partial charge in [-0.15, -0.1) is 0 Å². The third-order valence-electron chi connectivity index (χ3n) is 3.37. The summed E-state index contributed by atoms with van der Waals surface area (Å²) >= 11 is 0. The van der Waals surface area contributed by atoms with Gasteiger partial charge in [0, 0.05) is 14.2 Å². The monoisotopic (exact) mass is 286 g/mol. The molecular weight excluding hydrogens is 264 g/mol. The lowest BCUT2D eigenvalue weighted by Gasteiger charge is -2.27. The molecule has 0 aliphatic carbocycles. The number of methoxy groups -OCH3 is 2. The van der Waals surface area contributed by atoms with Crippen LogP contribution < -0.4 is 0 Å². The van der Waals surface area contributed by atoms with Gasteiger partial charge >= 0.3 is 0 Å². The molecule has 2 aromatic rings. The highest BCUT2D eigenvalue weighted by Gasteiger charge is 2.25. The normalized spacial score (nSPS) is 13.8. The lowest BCUT2D eigenvalue weighted by atomic mass is 9.98. The van der Waals surface area contributed by atoms with E-state index in [-0.39, 0.29) is 12.2 Å². The molecule has 112 valence electrons. The van der Waals surface area contributed by atoms with E-state index in [0.29, 0.717) is 13.2 Å². The molecule has 0 saturated carbocycles. The van der Waals surface area contributed by atoms with E-state index in [4.69, 9.17) is 14.2 Å². The van der Waals surface area contributed by atoms with Gasteiger partial charge < -0.3 is 14.2 Å². The van der Waals surface area contributed by atoms with Crippen molar-refractivity contribution in [2.24, 2.45) is 0 Å². The molecule has 3 nitrogen and oxygen atoms in total. The lowest BCUT2D eigenvalue weighted by molar-refractivity contribution is -0.0718. The van der Waals surface area contributed by atoms with Crippen LogP contribution in [0.5, 0.6) is 0 Å². The first kappa shape index (κ1) is 15.7. The SMILES string of the molecule is COCCO[C@H](c1ccccc1)[C@H](OC)c1ccccc1. The summed E-state index contributed by atoms with van der Waals surface area (Å²) < 4.78 is 16.8. The number of benzene rings is 2. The van der Waals surface area contributed by atoms with Gasteiger partial charge in [-0.2, -0.15) is 0 Å². The highest BCUT2D eigenvalue weighted by molar-refractivity contribution is 5.25. The molecule has 2 aromatic carbocycles. The third kappa shape index (κ3) is 4.39. The summed E-state index contributed by atoms with van der Waals surface area (Å²) in [5.74, 6) is 0. The van der Waals surface area contributed by atoms with Crippen LogP contribution >= 0.6 is 0 Å². The second-order valence-electron chi connectivity index (χ2n) is 4.76. The molecule has 0 bridgehead atoms. The Bertz CT molecular complexity index is 498. The van der Waals surface area contributed by atoms with Crippen LogP contribution in [-0.4, -0.2) is 27.4 Å². The van der Waals surface area contributed by atoms with E-state index >= 15 is 0 Å². The molecule has 3 heteroatoms. The van der Waals surface area contributed by atoms with E-state index in [1.807, 2.05) is 36.4 Å². The first-order valence-electron chi connectivity index (χ1n) is 7.10. The van der Waals surface area contributed by atoms with E-state index in [1.165, 1.54) is 0 Å². The Morgan fingerprint density at radius 2 is 1.24 bits per heavy atom. The van der Waals surface area contributed by atoms with E-state index < -0.39 is 0 Å². The summed E-state index contributed by atoms with van der Waals surface area (Å²) in [6, 6.07) is 20.3. The van der Waals surface area contributed by atoms with Gasteiger partial charge in [-0.3, -0.25) is 0 Å². The van der Waals surface area contributed by atoms with Gasteiger partial charge in [0.15, 0.2) is 0 Å². The maximum Gasteiger partial charge on any atom is 0.113 e. The van der Waals surface area contributed by atoms with Gasteiger partial charge in [-0.05, 0) is 11.1 Å². The van der Waals surface area contributed by atoms with Gasteiger partial charge in [0.05, 0.1) is 13.2 Å². The molecule has 2 atom stereocenters. The number of hydrogen-bond donors (Lipinski definition) is 0. The van der Waals surface area contributed by atoms with E-state index in [2.05, 4.69) is 24.3 Å². The Balaban J connectivity index is 2.24. The molecule has 0 radical (unpaired) electrons. The lowest BCUT2D eigenvalue weighted by Crippen LogP contribution is -2.18. The van der Waals surface area contributed by atoms with Gasteiger partial charge in [0.2, 0.25) is 0 Å². The average Bonchev–Trinajstić information content (AvgIpc) is 2.56. The molecule has 0 saturated heterocycles. The number of rotatable bonds is 8. The first-order chi connectivity index (χ1) is 10.4. The summed E-state index contributed by atoms with van der Waals surface area (Å²) in [5, 5.41) is 0. The zero-order chi connectivity index (χ0) is 14.9. The zero-order valence-electron chi connectivity index (χ0n) is 12.6. The number of hydrogen-bond acceptors (Lipinski definition) is 3. The quantitative estimate of drug-likeness (QED) is 0.691. The Morgan fingerprint density at radius 1 is 0.714 bits per heavy atom. The summed E-state index contributed by atoms with van der Waals surface area (Å²) in [5.41, 5.74) is 2.20. The Morgan fingerprint density at radius 3 is 1.71 bits per heavy atom. The van der Waals surface area contributed by atoms with Crippen LogP contribution in [0.1, 0.15) is 23.3 Å². The Kier molecular flexibility index (Phi) is 6.41. The second kappa shape index (κ2) is 8.57. The van der Waals surface area contributed by atoms with Crippen molar-refractivity contribution in [2.45, 2.75) is 12.2 Å². The van der Waals surface area contributed by atoms with Crippen LogP contribution in [0.4, 0.5) is 0 Å². The van der Waals surface area contributed by atoms with E-state index in [0.717, 1.165) is 11.1 Å². The topological polar surface area (TPSA) is 27.7 Å². The smallest absolute Gasteiger partial charge is 0.113 e. The summed E-state index contributed by atoms with van der Waals surface area (Å²) in [6.07, 6.45) is -0.306. The fourth-order valence-corrected chi connectivity index (χ4v) is 2.34. The zero-order valence-corrected chi connectivity index (χ0v) is 12.6. The molecule has 0 aromatic heterocycles. The van der Waals surface area contributed by atoms with Crippen LogP contribution in [0.15, 0.2) is 60.7 Å². The van der Waals surface area contributed by atoms with Crippen molar-refractivity contribution < 1.29 is 14.2 Å². The maximum absolute atomic E-state index is 6.03. The van der Waals surface area contributed by atoms with Gasteiger partial charge in [-0.1, -0.05) is 60.7 Å². The van der Waals surface area contributed by atoms with Crippen molar-refractivity contribution in [3.8, 4) is 0 Å². The second-order valence-corrected chi connectivity index (χ2v) is 4.76. The largest absolute Gasteiger partial charge is 0.382 e. The van der Waals surface area contributed by atoms with Crippen molar-refractivity contribution in [1.82, 2.24) is 0 Å². The highest BCUT2D eigenvalue weighted by Crippen LogP contribution is 2.34. The molecule has 0 aliphatic rings. The predicted octanol–water partition coefficient (Wildman–Crippen LogP) is 3.78. The minimum atomic E-state index is -0.159. The Hall–Kier alpha value is -1.68. The van der Waals surface area contributed by atoms with Crippen molar-refractivity contribution in [3.63, 3.8) is 0 Å². The van der Waals surface area contributed by atoms with Crippen LogP contribution in [0.3, 0.4) is 0 Å². The predicted molar refractivity (Wildman–Crippen MR) is 83.2 cm³/mol. The molecule has 0 fully saturated rings. The maximum atomic E-state index is 6.03. The minimum absolute atomic E-state index is 0.148. The molecule has 0 N–H and O–H groups in total. The Labute approximate surface area is 126 Å².